The molecule has 0 heterocycles. The fraction of sp³-hybridized carbons (Fsp3) is 0.0714. The molecule has 2 rings (SSSR count). The summed E-state index contributed by atoms with van der Waals surface area (Å²) in [4.78, 5) is 11.4. The number of ether oxygens (including phenoxy) is 2. The number of carbonyl (C=O) groups is 1. The molecule has 0 atom stereocenters. The van der Waals surface area contributed by atoms with Crippen LogP contribution in [0.5, 0.6) is 11.5 Å². The zero-order valence-corrected chi connectivity index (χ0v) is 10.5. The molecule has 0 saturated heterocycles. The number of methoxy groups -OCH3 is 1. The zero-order chi connectivity index (χ0) is 13.0. The molecule has 0 saturated carbocycles. The summed E-state index contributed by atoms with van der Waals surface area (Å²) in [5, 5.41) is 0.515. The Morgan fingerprint density at radius 1 is 1.11 bits per heavy atom. The van der Waals surface area contributed by atoms with Gasteiger partial charge in [-0.25, -0.2) is 4.79 Å². The standard InChI is InChI=1S/C14H11ClO3/c1-17-14(16)10-5-4-6-11(9-10)18-13-8-3-2-7-12(13)15/h2-9H,1H3. The Bertz CT molecular complexity index is 566. The molecule has 2 aromatic rings. The summed E-state index contributed by atoms with van der Waals surface area (Å²) < 4.78 is 10.2. The van der Waals surface area contributed by atoms with Crippen molar-refractivity contribution >= 4 is 17.6 Å². The van der Waals surface area contributed by atoms with Gasteiger partial charge in [0.05, 0.1) is 17.7 Å². The van der Waals surface area contributed by atoms with Crippen LogP contribution in [0.1, 0.15) is 10.4 Å². The van der Waals surface area contributed by atoms with E-state index in [2.05, 4.69) is 4.74 Å². The van der Waals surface area contributed by atoms with Crippen molar-refractivity contribution in [3.8, 4) is 11.5 Å². The van der Waals surface area contributed by atoms with Crippen molar-refractivity contribution in [1.82, 2.24) is 0 Å². The highest BCUT2D eigenvalue weighted by Crippen LogP contribution is 2.29. The van der Waals surface area contributed by atoms with Gasteiger partial charge in [-0.05, 0) is 30.3 Å². The first kappa shape index (κ1) is 12.5. The molecule has 4 heteroatoms. The minimum absolute atomic E-state index is 0.403. The summed E-state index contributed by atoms with van der Waals surface area (Å²) in [7, 11) is 1.34. The second-order valence-electron chi connectivity index (χ2n) is 3.55. The van der Waals surface area contributed by atoms with E-state index in [-0.39, 0.29) is 0 Å². The summed E-state index contributed by atoms with van der Waals surface area (Å²) in [6.45, 7) is 0. The summed E-state index contributed by atoms with van der Waals surface area (Å²) in [6.07, 6.45) is 0. The van der Waals surface area contributed by atoms with Gasteiger partial charge in [0.25, 0.3) is 0 Å². The first-order valence-electron chi connectivity index (χ1n) is 5.31. The first-order chi connectivity index (χ1) is 8.70. The molecule has 92 valence electrons. The van der Waals surface area contributed by atoms with Gasteiger partial charge in [0.2, 0.25) is 0 Å². The Hall–Kier alpha value is -2.00. The number of hydrogen-bond donors (Lipinski definition) is 0. The lowest BCUT2D eigenvalue weighted by Gasteiger charge is -2.08. The largest absolute Gasteiger partial charge is 0.465 e. The van der Waals surface area contributed by atoms with E-state index in [1.807, 2.05) is 12.1 Å². The number of halogens is 1. The van der Waals surface area contributed by atoms with E-state index >= 15 is 0 Å². The topological polar surface area (TPSA) is 35.5 Å². The second kappa shape index (κ2) is 5.56. The lowest BCUT2D eigenvalue weighted by atomic mass is 10.2. The summed E-state index contributed by atoms with van der Waals surface area (Å²) in [6, 6.07) is 13.9. The van der Waals surface area contributed by atoms with E-state index in [4.69, 9.17) is 16.3 Å². The van der Waals surface area contributed by atoms with Gasteiger partial charge >= 0.3 is 5.97 Å². The van der Waals surface area contributed by atoms with Crippen molar-refractivity contribution in [3.63, 3.8) is 0 Å². The molecular formula is C14H11ClO3. The van der Waals surface area contributed by atoms with E-state index < -0.39 is 5.97 Å². The summed E-state index contributed by atoms with van der Waals surface area (Å²) >= 11 is 5.99. The summed E-state index contributed by atoms with van der Waals surface area (Å²) in [5.74, 6) is 0.673. The minimum atomic E-state index is -0.403. The molecule has 0 fully saturated rings. The van der Waals surface area contributed by atoms with E-state index in [1.54, 1.807) is 36.4 Å². The molecule has 2 aromatic carbocycles. The van der Waals surface area contributed by atoms with Crippen LogP contribution in [0, 0.1) is 0 Å². The number of para-hydroxylation sites is 1. The molecular weight excluding hydrogens is 252 g/mol. The fourth-order valence-electron chi connectivity index (χ4n) is 1.46. The minimum Gasteiger partial charge on any atom is -0.465 e. The second-order valence-corrected chi connectivity index (χ2v) is 3.96. The van der Waals surface area contributed by atoms with Gasteiger partial charge in [-0.15, -0.1) is 0 Å². The lowest BCUT2D eigenvalue weighted by molar-refractivity contribution is 0.0600. The maximum Gasteiger partial charge on any atom is 0.337 e. The van der Waals surface area contributed by atoms with Crippen LogP contribution in [0.2, 0.25) is 5.02 Å². The molecule has 18 heavy (non-hydrogen) atoms. The molecule has 0 aliphatic heterocycles. The average molecular weight is 263 g/mol. The third kappa shape index (κ3) is 2.81. The lowest BCUT2D eigenvalue weighted by Crippen LogP contribution is -2.00. The maximum atomic E-state index is 11.4. The Balaban J connectivity index is 2.25. The van der Waals surface area contributed by atoms with Crippen LogP contribution in [0.25, 0.3) is 0 Å². The van der Waals surface area contributed by atoms with Crippen molar-refractivity contribution in [2.75, 3.05) is 7.11 Å². The van der Waals surface area contributed by atoms with Gasteiger partial charge in [-0.3, -0.25) is 0 Å². The van der Waals surface area contributed by atoms with Crippen molar-refractivity contribution in [1.29, 1.82) is 0 Å². The van der Waals surface area contributed by atoms with Crippen LogP contribution in [0.3, 0.4) is 0 Å². The molecule has 0 spiro atoms. The van der Waals surface area contributed by atoms with E-state index in [9.17, 15) is 4.79 Å². The SMILES string of the molecule is COC(=O)c1cccc(Oc2ccccc2Cl)c1. The highest BCUT2D eigenvalue weighted by Gasteiger charge is 2.07. The Morgan fingerprint density at radius 3 is 2.61 bits per heavy atom. The predicted molar refractivity (Wildman–Crippen MR) is 69.3 cm³/mol. The molecule has 0 aliphatic carbocycles. The van der Waals surface area contributed by atoms with E-state index in [0.29, 0.717) is 22.1 Å². The van der Waals surface area contributed by atoms with Crippen molar-refractivity contribution < 1.29 is 14.3 Å². The van der Waals surface area contributed by atoms with Crippen LogP contribution in [-0.4, -0.2) is 13.1 Å². The Kier molecular flexibility index (Phi) is 3.85. The van der Waals surface area contributed by atoms with E-state index in [1.165, 1.54) is 7.11 Å². The molecule has 0 aromatic heterocycles. The first-order valence-corrected chi connectivity index (χ1v) is 5.69. The molecule has 0 N–H and O–H groups in total. The highest BCUT2D eigenvalue weighted by molar-refractivity contribution is 6.32. The number of rotatable bonds is 3. The number of esters is 1. The quantitative estimate of drug-likeness (QED) is 0.787. The van der Waals surface area contributed by atoms with Gasteiger partial charge in [0, 0.05) is 0 Å². The van der Waals surface area contributed by atoms with E-state index in [0.717, 1.165) is 0 Å². The van der Waals surface area contributed by atoms with Crippen molar-refractivity contribution in [2.45, 2.75) is 0 Å². The molecule has 0 aliphatic rings. The third-order valence-electron chi connectivity index (χ3n) is 2.32. The fourth-order valence-corrected chi connectivity index (χ4v) is 1.63. The average Bonchev–Trinajstić information content (AvgIpc) is 2.41. The van der Waals surface area contributed by atoms with Crippen molar-refractivity contribution in [2.24, 2.45) is 0 Å². The Morgan fingerprint density at radius 2 is 1.89 bits per heavy atom. The van der Waals surface area contributed by atoms with Crippen LogP contribution in [-0.2, 0) is 4.74 Å². The molecule has 0 unspecified atom stereocenters. The number of carbonyl (C=O) groups excluding carboxylic acids is 1. The van der Waals surface area contributed by atoms with Gasteiger partial charge in [0.15, 0.2) is 0 Å². The van der Waals surface area contributed by atoms with Gasteiger partial charge < -0.3 is 9.47 Å². The van der Waals surface area contributed by atoms with Gasteiger partial charge in [-0.2, -0.15) is 0 Å². The number of benzene rings is 2. The molecule has 0 bridgehead atoms. The number of hydrogen-bond acceptors (Lipinski definition) is 3. The predicted octanol–water partition coefficient (Wildman–Crippen LogP) is 3.92. The van der Waals surface area contributed by atoms with Gasteiger partial charge in [0.1, 0.15) is 11.5 Å². The summed E-state index contributed by atoms with van der Waals surface area (Å²) in [5.41, 5.74) is 0.432. The van der Waals surface area contributed by atoms with Crippen LogP contribution in [0.15, 0.2) is 48.5 Å². The molecule has 0 radical (unpaired) electrons. The van der Waals surface area contributed by atoms with Crippen molar-refractivity contribution in [3.05, 3.63) is 59.1 Å². The molecule has 3 nitrogen and oxygen atoms in total. The smallest absolute Gasteiger partial charge is 0.337 e. The zero-order valence-electron chi connectivity index (χ0n) is 9.72. The van der Waals surface area contributed by atoms with Crippen LogP contribution in [0.4, 0.5) is 0 Å². The maximum absolute atomic E-state index is 11.4. The van der Waals surface area contributed by atoms with Crippen LogP contribution >= 0.6 is 11.6 Å². The highest BCUT2D eigenvalue weighted by atomic mass is 35.5. The Labute approximate surface area is 110 Å². The molecule has 0 amide bonds. The third-order valence-corrected chi connectivity index (χ3v) is 2.63. The normalized spacial score (nSPS) is 9.89. The van der Waals surface area contributed by atoms with Gasteiger partial charge in [-0.1, -0.05) is 29.8 Å². The monoisotopic (exact) mass is 262 g/mol. The van der Waals surface area contributed by atoms with Crippen LogP contribution < -0.4 is 4.74 Å².